The lowest BCUT2D eigenvalue weighted by Crippen LogP contribution is -2.14. The average Bonchev–Trinajstić information content (AvgIpc) is 2.60. The van der Waals surface area contributed by atoms with Crippen LogP contribution in [0, 0.1) is 28.6 Å². The van der Waals surface area contributed by atoms with Crippen LogP contribution in [-0.2, 0) is 4.79 Å². The Morgan fingerprint density at radius 1 is 1.58 bits per heavy atom. The van der Waals surface area contributed by atoms with Crippen molar-refractivity contribution in [3.8, 4) is 6.07 Å². The highest BCUT2D eigenvalue weighted by atomic mass is 16.1. The van der Waals surface area contributed by atoms with E-state index in [4.69, 9.17) is 5.26 Å². The molecule has 0 radical (unpaired) electrons. The lowest BCUT2D eigenvalue weighted by atomic mass is 9.88. The van der Waals surface area contributed by atoms with E-state index in [-0.39, 0.29) is 23.0 Å². The quantitative estimate of drug-likeness (QED) is 0.629. The van der Waals surface area contributed by atoms with Crippen LogP contribution < -0.4 is 0 Å². The summed E-state index contributed by atoms with van der Waals surface area (Å²) in [6.45, 7) is 6.15. The number of nitriles is 1. The molecule has 0 amide bonds. The molecule has 1 aliphatic rings. The maximum atomic E-state index is 11.4. The Hall–Kier alpha value is -0.840. The van der Waals surface area contributed by atoms with E-state index < -0.39 is 0 Å². The van der Waals surface area contributed by atoms with Gasteiger partial charge < -0.3 is 0 Å². The molecule has 0 saturated heterocycles. The Balaban J connectivity index is 2.38. The van der Waals surface area contributed by atoms with Gasteiger partial charge in [-0.1, -0.05) is 20.8 Å². The SMILES string of the molecule is CC(C)(C)CC(=O)C1CC1C#N. The monoisotopic (exact) mass is 165 g/mol. The van der Waals surface area contributed by atoms with Gasteiger partial charge in [-0.2, -0.15) is 5.26 Å². The second-order valence-electron chi connectivity index (χ2n) is 4.78. The van der Waals surface area contributed by atoms with Crippen molar-refractivity contribution in [3.63, 3.8) is 0 Å². The highest BCUT2D eigenvalue weighted by Crippen LogP contribution is 2.40. The summed E-state index contributed by atoms with van der Waals surface area (Å²) in [4.78, 5) is 11.4. The Morgan fingerprint density at radius 3 is 2.50 bits per heavy atom. The van der Waals surface area contributed by atoms with Crippen LogP contribution in [0.2, 0.25) is 0 Å². The van der Waals surface area contributed by atoms with Gasteiger partial charge in [0.05, 0.1) is 12.0 Å². The van der Waals surface area contributed by atoms with Gasteiger partial charge in [-0.05, 0) is 11.8 Å². The molecule has 0 aliphatic heterocycles. The summed E-state index contributed by atoms with van der Waals surface area (Å²) in [6, 6.07) is 2.13. The van der Waals surface area contributed by atoms with Crippen LogP contribution in [0.25, 0.3) is 0 Å². The van der Waals surface area contributed by atoms with Crippen LogP contribution in [0.4, 0.5) is 0 Å². The van der Waals surface area contributed by atoms with Crippen molar-refractivity contribution in [1.82, 2.24) is 0 Å². The van der Waals surface area contributed by atoms with E-state index in [1.165, 1.54) is 0 Å². The van der Waals surface area contributed by atoms with E-state index in [0.29, 0.717) is 6.42 Å². The molecule has 1 rings (SSSR count). The van der Waals surface area contributed by atoms with E-state index in [1.54, 1.807) is 0 Å². The zero-order valence-corrected chi connectivity index (χ0v) is 7.92. The van der Waals surface area contributed by atoms with Gasteiger partial charge in [0.15, 0.2) is 0 Å². The minimum atomic E-state index is 0.0276. The van der Waals surface area contributed by atoms with Crippen LogP contribution in [-0.4, -0.2) is 5.78 Å². The fraction of sp³-hybridized carbons (Fsp3) is 0.800. The average molecular weight is 165 g/mol. The third kappa shape index (κ3) is 2.34. The molecule has 1 aliphatic carbocycles. The molecule has 1 fully saturated rings. The molecule has 2 atom stereocenters. The van der Waals surface area contributed by atoms with Crippen LogP contribution in [0.15, 0.2) is 0 Å². The molecule has 0 aromatic rings. The van der Waals surface area contributed by atoms with Crippen molar-refractivity contribution in [2.75, 3.05) is 0 Å². The molecule has 2 heteroatoms. The predicted molar refractivity (Wildman–Crippen MR) is 46.3 cm³/mol. The van der Waals surface area contributed by atoms with Gasteiger partial charge in [-0.25, -0.2) is 0 Å². The summed E-state index contributed by atoms with van der Waals surface area (Å²) in [5.41, 5.74) is 0.0691. The van der Waals surface area contributed by atoms with Gasteiger partial charge in [0.1, 0.15) is 5.78 Å². The molecule has 0 aromatic carbocycles. The lowest BCUT2D eigenvalue weighted by molar-refractivity contribution is -0.122. The van der Waals surface area contributed by atoms with Gasteiger partial charge in [-0.15, -0.1) is 0 Å². The number of rotatable bonds is 2. The molecule has 0 N–H and O–H groups in total. The van der Waals surface area contributed by atoms with Gasteiger partial charge in [0, 0.05) is 12.3 Å². The lowest BCUT2D eigenvalue weighted by Gasteiger charge is -2.16. The Morgan fingerprint density at radius 2 is 2.17 bits per heavy atom. The molecule has 0 aromatic heterocycles. The van der Waals surface area contributed by atoms with Crippen LogP contribution in [0.5, 0.6) is 0 Å². The molecule has 12 heavy (non-hydrogen) atoms. The molecule has 66 valence electrons. The minimum Gasteiger partial charge on any atom is -0.299 e. The molecule has 1 saturated carbocycles. The number of Topliss-reactive ketones (excluding diaryl/α,β-unsaturated/α-hetero) is 1. The van der Waals surface area contributed by atoms with Gasteiger partial charge in [-0.3, -0.25) is 4.79 Å². The highest BCUT2D eigenvalue weighted by molar-refractivity contribution is 5.84. The first-order valence-electron chi connectivity index (χ1n) is 4.36. The standard InChI is InChI=1S/C10H15NO/c1-10(2,3)5-9(12)8-4-7(8)6-11/h7-8H,4-5H2,1-3H3. The third-order valence-electron chi connectivity index (χ3n) is 2.07. The number of carbonyl (C=O) groups excluding carboxylic acids is 1. The number of hydrogen-bond donors (Lipinski definition) is 0. The first kappa shape index (κ1) is 9.25. The van der Waals surface area contributed by atoms with Crippen LogP contribution in [0.3, 0.4) is 0 Å². The highest BCUT2D eigenvalue weighted by Gasteiger charge is 2.43. The summed E-state index contributed by atoms with van der Waals surface area (Å²) in [6.07, 6.45) is 1.40. The topological polar surface area (TPSA) is 40.9 Å². The van der Waals surface area contributed by atoms with Gasteiger partial charge >= 0.3 is 0 Å². The van der Waals surface area contributed by atoms with Gasteiger partial charge in [0.2, 0.25) is 0 Å². The summed E-state index contributed by atoms with van der Waals surface area (Å²) in [5.74, 6) is 0.364. The van der Waals surface area contributed by atoms with E-state index in [0.717, 1.165) is 6.42 Å². The van der Waals surface area contributed by atoms with Gasteiger partial charge in [0.25, 0.3) is 0 Å². The van der Waals surface area contributed by atoms with Crippen molar-refractivity contribution >= 4 is 5.78 Å². The first-order chi connectivity index (χ1) is 5.44. The second kappa shape index (κ2) is 2.90. The molecule has 0 spiro atoms. The zero-order chi connectivity index (χ0) is 9.35. The van der Waals surface area contributed by atoms with Crippen LogP contribution in [0.1, 0.15) is 33.6 Å². The Kier molecular flexibility index (Phi) is 2.23. The summed E-state index contributed by atoms with van der Waals surface area (Å²) in [5, 5.41) is 8.52. The van der Waals surface area contributed by atoms with E-state index in [2.05, 4.69) is 26.8 Å². The summed E-state index contributed by atoms with van der Waals surface area (Å²) >= 11 is 0. The Labute approximate surface area is 73.6 Å². The van der Waals surface area contributed by atoms with Crippen LogP contribution >= 0.6 is 0 Å². The first-order valence-corrected chi connectivity index (χ1v) is 4.36. The molecular formula is C10H15NO. The predicted octanol–water partition coefficient (Wildman–Crippen LogP) is 2.15. The number of carbonyl (C=O) groups is 1. The fourth-order valence-corrected chi connectivity index (χ4v) is 1.35. The molecule has 0 heterocycles. The second-order valence-corrected chi connectivity index (χ2v) is 4.78. The van der Waals surface area contributed by atoms with E-state index in [9.17, 15) is 4.79 Å². The largest absolute Gasteiger partial charge is 0.299 e. The smallest absolute Gasteiger partial charge is 0.137 e. The van der Waals surface area contributed by atoms with Crippen molar-refractivity contribution in [2.24, 2.45) is 17.3 Å². The maximum absolute atomic E-state index is 11.4. The molecule has 2 nitrogen and oxygen atoms in total. The number of ketones is 1. The number of nitrogens with zero attached hydrogens (tertiary/aromatic N) is 1. The normalized spacial score (nSPS) is 27.8. The molecule has 0 bridgehead atoms. The molecule has 2 unspecified atom stereocenters. The summed E-state index contributed by atoms with van der Waals surface area (Å²) in [7, 11) is 0. The molecular weight excluding hydrogens is 150 g/mol. The fourth-order valence-electron chi connectivity index (χ4n) is 1.35. The third-order valence-corrected chi connectivity index (χ3v) is 2.07. The van der Waals surface area contributed by atoms with E-state index in [1.807, 2.05) is 0 Å². The maximum Gasteiger partial charge on any atom is 0.137 e. The number of hydrogen-bond acceptors (Lipinski definition) is 2. The van der Waals surface area contributed by atoms with E-state index >= 15 is 0 Å². The summed E-state index contributed by atoms with van der Waals surface area (Å²) < 4.78 is 0. The zero-order valence-electron chi connectivity index (χ0n) is 7.92. The minimum absolute atomic E-state index is 0.0276. The van der Waals surface area contributed by atoms with Crippen molar-refractivity contribution < 1.29 is 4.79 Å². The van der Waals surface area contributed by atoms with Crippen molar-refractivity contribution in [2.45, 2.75) is 33.6 Å². The Bertz CT molecular complexity index is 231. The van der Waals surface area contributed by atoms with Crippen molar-refractivity contribution in [3.05, 3.63) is 0 Å². The van der Waals surface area contributed by atoms with Crippen molar-refractivity contribution in [1.29, 1.82) is 5.26 Å².